The molecule has 43 heavy (non-hydrogen) atoms. The number of hydrogen-bond acceptors (Lipinski definition) is 2. The largest absolute Gasteiger partial charge is 0.490 e. The number of ether oxygens (including phenoxy) is 2. The van der Waals surface area contributed by atoms with Crippen LogP contribution in [-0.2, 0) is 6.42 Å². The maximum absolute atomic E-state index is 14.9. The summed E-state index contributed by atoms with van der Waals surface area (Å²) in [6, 6.07) is 16.2. The maximum atomic E-state index is 14.9. The molecule has 3 aromatic rings. The van der Waals surface area contributed by atoms with Crippen molar-refractivity contribution in [2.24, 2.45) is 5.92 Å². The zero-order valence-corrected chi connectivity index (χ0v) is 25.4. The lowest BCUT2D eigenvalue weighted by atomic mass is 9.77. The predicted octanol–water partition coefficient (Wildman–Crippen LogP) is 11.6. The lowest BCUT2D eigenvalue weighted by Gasteiger charge is -2.28. The minimum Gasteiger partial charge on any atom is -0.490 e. The van der Waals surface area contributed by atoms with Crippen molar-refractivity contribution in [2.45, 2.75) is 103 Å². The van der Waals surface area contributed by atoms with Gasteiger partial charge in [0.1, 0.15) is 5.75 Å². The van der Waals surface area contributed by atoms with E-state index >= 15 is 0 Å². The molecule has 0 unspecified atom stereocenters. The Hall–Kier alpha value is -3.09. The molecule has 0 aromatic heterocycles. The molecule has 3 aromatic carbocycles. The summed E-state index contributed by atoms with van der Waals surface area (Å²) in [6.07, 6.45) is 0.861. The molecule has 4 rings (SSSR count). The van der Waals surface area contributed by atoms with E-state index in [1.54, 1.807) is 12.1 Å². The Balaban J connectivity index is 1.37. The van der Waals surface area contributed by atoms with Crippen LogP contribution in [0.25, 0.3) is 11.1 Å². The summed E-state index contributed by atoms with van der Waals surface area (Å²) in [5, 5.41) is 0. The molecule has 7 heteroatoms. The second-order valence-electron chi connectivity index (χ2n) is 11.8. The molecule has 1 aliphatic rings. The van der Waals surface area contributed by atoms with Crippen LogP contribution in [0, 0.1) is 18.7 Å². The first-order valence-corrected chi connectivity index (χ1v) is 15.6. The SMILES string of the molecule is CCCCOc1cc(C)c(CCC(F)(F)Oc2ccc(-c3ccc(C4CCC(CCC)CC4)cc3)cc2)c(C(F)F)c1F. The van der Waals surface area contributed by atoms with Crippen molar-refractivity contribution in [3.63, 3.8) is 0 Å². The fraction of sp³-hybridized carbons (Fsp3) is 0.500. The number of aryl methyl sites for hydroxylation is 1. The number of rotatable bonds is 14. The summed E-state index contributed by atoms with van der Waals surface area (Å²) in [7, 11) is 0. The van der Waals surface area contributed by atoms with Gasteiger partial charge >= 0.3 is 6.11 Å². The van der Waals surface area contributed by atoms with Crippen molar-refractivity contribution >= 4 is 0 Å². The van der Waals surface area contributed by atoms with Gasteiger partial charge in [-0.1, -0.05) is 69.5 Å². The molecule has 0 amide bonds. The van der Waals surface area contributed by atoms with Gasteiger partial charge in [-0.15, -0.1) is 0 Å². The minimum atomic E-state index is -3.64. The monoisotopic (exact) mass is 602 g/mol. The van der Waals surface area contributed by atoms with Crippen LogP contribution in [0.5, 0.6) is 11.5 Å². The van der Waals surface area contributed by atoms with E-state index in [1.807, 2.05) is 6.92 Å². The molecule has 0 aliphatic heterocycles. The van der Waals surface area contributed by atoms with Crippen molar-refractivity contribution in [3.8, 4) is 22.6 Å². The second kappa shape index (κ2) is 15.1. The van der Waals surface area contributed by atoms with Crippen molar-refractivity contribution in [1.82, 2.24) is 0 Å². The highest BCUT2D eigenvalue weighted by Crippen LogP contribution is 2.39. The Morgan fingerprint density at radius 1 is 0.884 bits per heavy atom. The molecule has 234 valence electrons. The highest BCUT2D eigenvalue weighted by molar-refractivity contribution is 5.64. The zero-order valence-electron chi connectivity index (χ0n) is 25.4. The lowest BCUT2D eigenvalue weighted by molar-refractivity contribution is -0.180. The molecular formula is C36H43F5O2. The first-order valence-electron chi connectivity index (χ1n) is 15.6. The van der Waals surface area contributed by atoms with E-state index in [2.05, 4.69) is 31.2 Å². The average molecular weight is 603 g/mol. The minimum absolute atomic E-state index is 0.0362. The van der Waals surface area contributed by atoms with Crippen LogP contribution in [0.3, 0.4) is 0 Å². The Labute approximate surface area is 252 Å². The van der Waals surface area contributed by atoms with E-state index in [0.29, 0.717) is 12.3 Å². The fourth-order valence-corrected chi connectivity index (χ4v) is 6.17. The molecule has 1 saturated carbocycles. The Kier molecular flexibility index (Phi) is 11.5. The van der Waals surface area contributed by atoms with Gasteiger partial charge in [-0.05, 0) is 103 Å². The third kappa shape index (κ3) is 8.73. The van der Waals surface area contributed by atoms with Crippen LogP contribution >= 0.6 is 0 Å². The molecule has 0 N–H and O–H groups in total. The lowest BCUT2D eigenvalue weighted by Crippen LogP contribution is -2.26. The standard InChI is InChI=1S/C36H43F5O2/c1-4-6-22-42-32-23-24(3)31(33(34(32)37)35(38)39)20-21-36(40,41)43-30-18-16-29(17-19-30)28-14-12-27(13-15-28)26-10-8-25(7-5-2)9-11-26/h12-19,23,25-26,35H,4-11,20-22H2,1-3H3. The van der Waals surface area contributed by atoms with Crippen molar-refractivity contribution in [3.05, 3.63) is 82.7 Å². The summed E-state index contributed by atoms with van der Waals surface area (Å²) in [6.45, 7) is 5.85. The van der Waals surface area contributed by atoms with Crippen molar-refractivity contribution in [2.75, 3.05) is 6.61 Å². The highest BCUT2D eigenvalue weighted by atomic mass is 19.3. The van der Waals surface area contributed by atoms with Crippen molar-refractivity contribution in [1.29, 1.82) is 0 Å². The molecule has 0 radical (unpaired) electrons. The van der Waals surface area contributed by atoms with E-state index in [9.17, 15) is 22.0 Å². The van der Waals surface area contributed by atoms with E-state index in [1.165, 1.54) is 69.2 Å². The van der Waals surface area contributed by atoms with E-state index in [-0.39, 0.29) is 29.2 Å². The van der Waals surface area contributed by atoms with Gasteiger partial charge < -0.3 is 9.47 Å². The molecular weight excluding hydrogens is 559 g/mol. The van der Waals surface area contributed by atoms with Crippen molar-refractivity contribution < 1.29 is 31.4 Å². The number of unbranched alkanes of at least 4 members (excludes halogenated alkanes) is 1. The molecule has 0 saturated heterocycles. The molecule has 0 atom stereocenters. The third-order valence-corrected chi connectivity index (χ3v) is 8.62. The van der Waals surface area contributed by atoms with Gasteiger partial charge in [0, 0.05) is 0 Å². The number of benzene rings is 3. The highest BCUT2D eigenvalue weighted by Gasteiger charge is 2.33. The first kappa shape index (κ1) is 32.8. The average Bonchev–Trinajstić information content (AvgIpc) is 2.99. The first-order chi connectivity index (χ1) is 20.6. The van der Waals surface area contributed by atoms with E-state index in [0.717, 1.165) is 23.5 Å². The van der Waals surface area contributed by atoms with Gasteiger partial charge in [0.25, 0.3) is 6.43 Å². The summed E-state index contributed by atoms with van der Waals surface area (Å²) in [5.41, 5.74) is 2.46. The van der Waals surface area contributed by atoms with Crippen LogP contribution in [0.2, 0.25) is 0 Å². The van der Waals surface area contributed by atoms with E-state index < -0.39 is 36.8 Å². The normalized spacial score (nSPS) is 17.3. The molecule has 0 bridgehead atoms. The van der Waals surface area contributed by atoms with Crippen LogP contribution in [0.4, 0.5) is 22.0 Å². The number of halogens is 5. The number of hydrogen-bond donors (Lipinski definition) is 0. The quantitative estimate of drug-likeness (QED) is 0.135. The van der Waals surface area contributed by atoms with E-state index in [4.69, 9.17) is 9.47 Å². The Morgan fingerprint density at radius 3 is 2.09 bits per heavy atom. The Bertz CT molecular complexity index is 1300. The van der Waals surface area contributed by atoms with Crippen LogP contribution < -0.4 is 9.47 Å². The summed E-state index contributed by atoms with van der Waals surface area (Å²) in [5.74, 6) is -0.0612. The summed E-state index contributed by atoms with van der Waals surface area (Å²) >= 11 is 0. The predicted molar refractivity (Wildman–Crippen MR) is 162 cm³/mol. The molecule has 0 heterocycles. The van der Waals surface area contributed by atoms with Gasteiger partial charge in [0.05, 0.1) is 18.6 Å². The fourth-order valence-electron chi connectivity index (χ4n) is 6.17. The molecule has 1 aliphatic carbocycles. The van der Waals surface area contributed by atoms with Gasteiger partial charge in [-0.25, -0.2) is 13.2 Å². The Morgan fingerprint density at radius 2 is 1.51 bits per heavy atom. The third-order valence-electron chi connectivity index (χ3n) is 8.62. The summed E-state index contributed by atoms with van der Waals surface area (Å²) < 4.78 is 82.5. The van der Waals surface area contributed by atoms with Crippen LogP contribution in [-0.4, -0.2) is 12.7 Å². The zero-order chi connectivity index (χ0) is 31.0. The smallest absolute Gasteiger partial charge is 0.398 e. The van der Waals surface area contributed by atoms with Gasteiger partial charge in [0.2, 0.25) is 0 Å². The van der Waals surface area contributed by atoms with Crippen LogP contribution in [0.15, 0.2) is 54.6 Å². The van der Waals surface area contributed by atoms with Gasteiger partial charge in [-0.2, -0.15) is 8.78 Å². The summed E-state index contributed by atoms with van der Waals surface area (Å²) in [4.78, 5) is 0. The molecule has 2 nitrogen and oxygen atoms in total. The van der Waals surface area contributed by atoms with Crippen LogP contribution in [0.1, 0.15) is 106 Å². The maximum Gasteiger partial charge on any atom is 0.398 e. The molecule has 0 spiro atoms. The van der Waals surface area contributed by atoms with Gasteiger partial charge in [-0.3, -0.25) is 0 Å². The second-order valence-corrected chi connectivity index (χ2v) is 11.8. The topological polar surface area (TPSA) is 18.5 Å². The number of alkyl halides is 4. The molecule has 1 fully saturated rings. The van der Waals surface area contributed by atoms with Gasteiger partial charge in [0.15, 0.2) is 11.6 Å².